The van der Waals surface area contributed by atoms with Crippen LogP contribution in [0.25, 0.3) is 6.08 Å². The number of aliphatic hydroxyl groups excluding tert-OH is 4. The normalized spacial score (nSPS) is 26.1. The number of rotatable bonds is 6. The van der Waals surface area contributed by atoms with Gasteiger partial charge in [0.1, 0.15) is 53.0 Å². The molecule has 0 aliphatic carbocycles. The number of aromatic hydroxyl groups is 3. The van der Waals surface area contributed by atoms with Gasteiger partial charge in [-0.1, -0.05) is 18.2 Å². The van der Waals surface area contributed by atoms with E-state index in [1.807, 2.05) is 0 Å². The smallest absolute Gasteiger partial charge is 0.229 e. The largest absolute Gasteiger partial charge is 0.508 e. The molecule has 1 saturated heterocycles. The Hall–Kier alpha value is -3.15. The summed E-state index contributed by atoms with van der Waals surface area (Å²) in [5, 5.41) is 68.5. The zero-order chi connectivity index (χ0) is 22.7. The molecule has 3 rings (SSSR count). The van der Waals surface area contributed by atoms with Crippen LogP contribution in [0.5, 0.6) is 23.0 Å². The van der Waals surface area contributed by atoms with Crippen molar-refractivity contribution in [2.24, 2.45) is 0 Å². The zero-order valence-electron chi connectivity index (χ0n) is 16.1. The van der Waals surface area contributed by atoms with Crippen molar-refractivity contribution in [2.75, 3.05) is 6.61 Å². The van der Waals surface area contributed by atoms with Gasteiger partial charge in [-0.15, -0.1) is 0 Å². The van der Waals surface area contributed by atoms with Crippen LogP contribution >= 0.6 is 0 Å². The minimum absolute atomic E-state index is 0.0508. The fourth-order valence-electron chi connectivity index (χ4n) is 3.06. The predicted octanol–water partition coefficient (Wildman–Crippen LogP) is -0.122. The standard InChI is InChI=1S/C21H22O10/c22-9-16-18(27)19(28)20(29)21(31-16)30-15-8-12(24)7-14(26)17(15)13(25)6-3-10-1-4-11(23)5-2-10/h1-8,16,18-24,26-29H,9H2/b6-3+/t16-,18-,19+,20+,21-/m1/s1. The van der Waals surface area contributed by atoms with Crippen LogP contribution < -0.4 is 4.74 Å². The van der Waals surface area contributed by atoms with Crippen molar-refractivity contribution in [3.63, 3.8) is 0 Å². The number of aliphatic hydroxyl groups is 4. The van der Waals surface area contributed by atoms with Crippen LogP contribution in [0.3, 0.4) is 0 Å². The lowest BCUT2D eigenvalue weighted by atomic mass is 9.99. The average molecular weight is 434 g/mol. The lowest BCUT2D eigenvalue weighted by molar-refractivity contribution is -0.277. The fraction of sp³-hybridized carbons (Fsp3) is 0.286. The van der Waals surface area contributed by atoms with Gasteiger partial charge in [-0.05, 0) is 23.8 Å². The second-order valence-electron chi connectivity index (χ2n) is 6.94. The second kappa shape index (κ2) is 9.33. The van der Waals surface area contributed by atoms with E-state index >= 15 is 0 Å². The molecular formula is C21H22O10. The molecule has 5 atom stereocenters. The number of hydrogen-bond donors (Lipinski definition) is 7. The van der Waals surface area contributed by atoms with E-state index in [0.29, 0.717) is 5.56 Å². The molecule has 166 valence electrons. The van der Waals surface area contributed by atoms with Crippen molar-refractivity contribution in [1.29, 1.82) is 0 Å². The van der Waals surface area contributed by atoms with Crippen LogP contribution in [0.15, 0.2) is 42.5 Å². The summed E-state index contributed by atoms with van der Waals surface area (Å²) < 4.78 is 10.7. The van der Waals surface area contributed by atoms with Crippen molar-refractivity contribution >= 4 is 11.9 Å². The summed E-state index contributed by atoms with van der Waals surface area (Å²) in [6.45, 7) is -0.683. The molecule has 0 radical (unpaired) electrons. The summed E-state index contributed by atoms with van der Waals surface area (Å²) in [5.74, 6) is -2.08. The third-order valence-electron chi connectivity index (χ3n) is 4.72. The van der Waals surface area contributed by atoms with Gasteiger partial charge in [-0.2, -0.15) is 0 Å². The predicted molar refractivity (Wildman–Crippen MR) is 106 cm³/mol. The molecule has 0 unspecified atom stereocenters. The highest BCUT2D eigenvalue weighted by Crippen LogP contribution is 2.36. The Kier molecular flexibility index (Phi) is 6.78. The molecule has 0 aromatic heterocycles. The Balaban J connectivity index is 1.89. The minimum atomic E-state index is -1.75. The Morgan fingerprint density at radius 2 is 1.65 bits per heavy atom. The van der Waals surface area contributed by atoms with Crippen LogP contribution in [-0.4, -0.2) is 78.8 Å². The van der Waals surface area contributed by atoms with Crippen molar-refractivity contribution < 1.29 is 50.0 Å². The van der Waals surface area contributed by atoms with Crippen LogP contribution in [0.4, 0.5) is 0 Å². The second-order valence-corrected chi connectivity index (χ2v) is 6.94. The Labute approximate surface area is 176 Å². The van der Waals surface area contributed by atoms with E-state index in [9.17, 15) is 40.5 Å². The molecular weight excluding hydrogens is 412 g/mol. The molecule has 2 aromatic carbocycles. The fourth-order valence-corrected chi connectivity index (χ4v) is 3.06. The van der Waals surface area contributed by atoms with E-state index in [0.717, 1.165) is 18.2 Å². The van der Waals surface area contributed by atoms with Gasteiger partial charge in [-0.25, -0.2) is 0 Å². The molecule has 7 N–H and O–H groups in total. The lowest BCUT2D eigenvalue weighted by Crippen LogP contribution is -2.60. The van der Waals surface area contributed by atoms with Crippen molar-refractivity contribution in [3.05, 3.63) is 53.6 Å². The molecule has 0 bridgehead atoms. The molecule has 1 heterocycles. The molecule has 10 heteroatoms. The number of benzene rings is 2. The van der Waals surface area contributed by atoms with Gasteiger partial charge in [0.05, 0.1) is 6.61 Å². The van der Waals surface area contributed by atoms with Gasteiger partial charge in [0.2, 0.25) is 6.29 Å². The molecule has 31 heavy (non-hydrogen) atoms. The van der Waals surface area contributed by atoms with Gasteiger partial charge in [-0.3, -0.25) is 4.79 Å². The zero-order valence-corrected chi connectivity index (χ0v) is 16.1. The molecule has 0 amide bonds. The van der Waals surface area contributed by atoms with Gasteiger partial charge in [0.15, 0.2) is 5.78 Å². The summed E-state index contributed by atoms with van der Waals surface area (Å²) >= 11 is 0. The summed E-state index contributed by atoms with van der Waals surface area (Å²) in [5.41, 5.74) is 0.227. The highest BCUT2D eigenvalue weighted by Gasteiger charge is 2.45. The molecule has 2 aromatic rings. The van der Waals surface area contributed by atoms with Gasteiger partial charge < -0.3 is 45.2 Å². The topological polar surface area (TPSA) is 177 Å². The van der Waals surface area contributed by atoms with E-state index in [1.165, 1.54) is 18.2 Å². The van der Waals surface area contributed by atoms with E-state index in [-0.39, 0.29) is 17.1 Å². The number of ether oxygens (including phenoxy) is 2. The van der Waals surface area contributed by atoms with Crippen molar-refractivity contribution in [3.8, 4) is 23.0 Å². The van der Waals surface area contributed by atoms with Gasteiger partial charge in [0, 0.05) is 12.1 Å². The SMILES string of the molecule is O=C(/C=C/c1ccc(O)cc1)c1c(O)cc(O)cc1O[C@@H]1O[C@H](CO)[C@@H](O)[C@H](O)[C@@H]1O. The van der Waals surface area contributed by atoms with Crippen molar-refractivity contribution in [2.45, 2.75) is 30.7 Å². The molecule has 0 spiro atoms. The first-order valence-electron chi connectivity index (χ1n) is 9.26. The highest BCUT2D eigenvalue weighted by atomic mass is 16.7. The molecule has 1 fully saturated rings. The minimum Gasteiger partial charge on any atom is -0.508 e. The number of phenols is 3. The van der Waals surface area contributed by atoms with E-state index in [4.69, 9.17) is 9.47 Å². The maximum absolute atomic E-state index is 12.7. The summed E-state index contributed by atoms with van der Waals surface area (Å²) in [7, 11) is 0. The van der Waals surface area contributed by atoms with Crippen LogP contribution in [0, 0.1) is 0 Å². The first kappa shape index (κ1) is 22.5. The number of hydrogen-bond acceptors (Lipinski definition) is 10. The summed E-state index contributed by atoms with van der Waals surface area (Å²) in [6.07, 6.45) is -5.39. The van der Waals surface area contributed by atoms with Crippen LogP contribution in [0.2, 0.25) is 0 Å². The quantitative estimate of drug-likeness (QED) is 0.239. The first-order chi connectivity index (χ1) is 14.7. The van der Waals surface area contributed by atoms with Gasteiger partial charge in [0.25, 0.3) is 0 Å². The van der Waals surface area contributed by atoms with E-state index in [2.05, 4.69) is 0 Å². The van der Waals surface area contributed by atoms with E-state index in [1.54, 1.807) is 12.1 Å². The number of allylic oxidation sites excluding steroid dienone is 1. The van der Waals surface area contributed by atoms with Crippen LogP contribution in [0.1, 0.15) is 15.9 Å². The monoisotopic (exact) mass is 434 g/mol. The molecule has 0 saturated carbocycles. The number of carbonyl (C=O) groups excluding carboxylic acids is 1. The third kappa shape index (κ3) is 4.95. The Morgan fingerprint density at radius 1 is 0.968 bits per heavy atom. The Bertz CT molecular complexity index is 953. The molecule has 1 aliphatic heterocycles. The summed E-state index contributed by atoms with van der Waals surface area (Å²) in [6, 6.07) is 7.89. The third-order valence-corrected chi connectivity index (χ3v) is 4.72. The van der Waals surface area contributed by atoms with E-state index < -0.39 is 54.6 Å². The number of phenolic OH excluding ortho intramolecular Hbond substituents is 3. The maximum atomic E-state index is 12.7. The molecule has 10 nitrogen and oxygen atoms in total. The first-order valence-corrected chi connectivity index (χ1v) is 9.26. The van der Waals surface area contributed by atoms with Crippen molar-refractivity contribution in [1.82, 2.24) is 0 Å². The summed E-state index contributed by atoms with van der Waals surface area (Å²) in [4.78, 5) is 12.7. The number of carbonyl (C=O) groups is 1. The number of ketones is 1. The highest BCUT2D eigenvalue weighted by molar-refractivity contribution is 6.10. The van der Waals surface area contributed by atoms with Crippen LogP contribution in [-0.2, 0) is 4.74 Å². The maximum Gasteiger partial charge on any atom is 0.229 e. The molecule has 1 aliphatic rings. The average Bonchev–Trinajstić information content (AvgIpc) is 2.73. The Morgan fingerprint density at radius 3 is 2.29 bits per heavy atom. The van der Waals surface area contributed by atoms with Gasteiger partial charge >= 0.3 is 0 Å². The lowest BCUT2D eigenvalue weighted by Gasteiger charge is -2.39.